The zero-order valence-corrected chi connectivity index (χ0v) is 14.0. The predicted octanol–water partition coefficient (Wildman–Crippen LogP) is 4.08. The molecule has 0 aliphatic carbocycles. The number of halogens is 2. The lowest BCUT2D eigenvalue weighted by molar-refractivity contribution is 0.00538. The summed E-state index contributed by atoms with van der Waals surface area (Å²) in [5, 5.41) is 1.11. The molecule has 0 fully saturated rings. The third-order valence-corrected chi connectivity index (χ3v) is 3.63. The van der Waals surface area contributed by atoms with Crippen molar-refractivity contribution in [2.45, 2.75) is 45.3 Å². The first kappa shape index (κ1) is 17.6. The smallest absolute Gasteiger partial charge is 0.141 e. The van der Waals surface area contributed by atoms with Gasteiger partial charge in [-0.1, -0.05) is 23.2 Å². The molecule has 3 nitrogen and oxygen atoms in total. The lowest BCUT2D eigenvalue weighted by atomic mass is 10.1. The lowest BCUT2D eigenvalue weighted by Gasteiger charge is -2.23. The number of hydrogen-bond donors (Lipinski definition) is 1. The third-order valence-electron chi connectivity index (χ3n) is 3.13. The van der Waals surface area contributed by atoms with E-state index in [1.54, 1.807) is 13.2 Å². The molecule has 1 aromatic rings. The molecule has 0 aliphatic heterocycles. The first-order chi connectivity index (χ1) is 9.25. The number of benzene rings is 1. The number of methoxy groups -OCH3 is 1. The molecular formula is C15H23Cl2NO2. The van der Waals surface area contributed by atoms with Crippen molar-refractivity contribution < 1.29 is 9.47 Å². The van der Waals surface area contributed by atoms with Gasteiger partial charge in [-0.2, -0.15) is 0 Å². The number of nitrogens with two attached hydrogens (primary N) is 1. The Kier molecular flexibility index (Phi) is 6.59. The van der Waals surface area contributed by atoms with Crippen molar-refractivity contribution in [2.75, 3.05) is 13.7 Å². The number of hydrogen-bond acceptors (Lipinski definition) is 3. The Morgan fingerprint density at radius 1 is 1.30 bits per heavy atom. The van der Waals surface area contributed by atoms with Crippen LogP contribution in [0.2, 0.25) is 10.0 Å². The molecule has 0 saturated carbocycles. The highest BCUT2D eigenvalue weighted by molar-refractivity contribution is 6.35. The van der Waals surface area contributed by atoms with Crippen LogP contribution in [0.25, 0.3) is 0 Å². The van der Waals surface area contributed by atoms with Crippen LogP contribution in [0, 0.1) is 0 Å². The molecule has 0 spiro atoms. The molecule has 20 heavy (non-hydrogen) atoms. The second-order valence-corrected chi connectivity index (χ2v) is 6.46. The second-order valence-electron chi connectivity index (χ2n) is 5.62. The topological polar surface area (TPSA) is 44.5 Å². The van der Waals surface area contributed by atoms with Crippen molar-refractivity contribution in [1.82, 2.24) is 0 Å². The fourth-order valence-corrected chi connectivity index (χ4v) is 2.36. The summed E-state index contributed by atoms with van der Waals surface area (Å²) in [6.07, 6.45) is 1.43. The Labute approximate surface area is 131 Å². The maximum absolute atomic E-state index is 6.22. The quantitative estimate of drug-likeness (QED) is 0.823. The van der Waals surface area contributed by atoms with E-state index >= 15 is 0 Å². The first-order valence-corrected chi connectivity index (χ1v) is 7.42. The van der Waals surface area contributed by atoms with E-state index in [9.17, 15) is 0 Å². The minimum atomic E-state index is -0.222. The summed E-state index contributed by atoms with van der Waals surface area (Å²) in [6.45, 7) is 6.49. The highest BCUT2D eigenvalue weighted by atomic mass is 35.5. The molecule has 0 aliphatic rings. The molecule has 0 saturated heterocycles. The fourth-order valence-electron chi connectivity index (χ4n) is 1.77. The maximum Gasteiger partial charge on any atom is 0.141 e. The molecule has 0 radical (unpaired) electrons. The standard InChI is InChI=1S/C15H23Cl2NO2/c1-10(18)7-11-8-12(16)9-13(17)14(11)20-6-5-15(2,3)19-4/h8-10H,5-7,18H2,1-4H3. The molecule has 0 bridgehead atoms. The van der Waals surface area contributed by atoms with Crippen LogP contribution in [0.4, 0.5) is 0 Å². The SMILES string of the molecule is COC(C)(C)CCOc1c(Cl)cc(Cl)cc1CC(C)N. The summed E-state index contributed by atoms with van der Waals surface area (Å²) < 4.78 is 11.2. The van der Waals surface area contributed by atoms with Crippen molar-refractivity contribution in [3.05, 3.63) is 27.7 Å². The van der Waals surface area contributed by atoms with Crippen LogP contribution < -0.4 is 10.5 Å². The molecule has 114 valence electrons. The van der Waals surface area contributed by atoms with E-state index in [0.717, 1.165) is 12.0 Å². The predicted molar refractivity (Wildman–Crippen MR) is 85.0 cm³/mol. The van der Waals surface area contributed by atoms with Gasteiger partial charge in [0.25, 0.3) is 0 Å². The summed E-state index contributed by atoms with van der Waals surface area (Å²) >= 11 is 12.3. The van der Waals surface area contributed by atoms with Gasteiger partial charge in [0.15, 0.2) is 0 Å². The Morgan fingerprint density at radius 3 is 2.50 bits per heavy atom. The van der Waals surface area contributed by atoms with Crippen molar-refractivity contribution >= 4 is 23.2 Å². The number of ether oxygens (including phenoxy) is 2. The van der Waals surface area contributed by atoms with Crippen molar-refractivity contribution in [3.63, 3.8) is 0 Å². The van der Waals surface area contributed by atoms with E-state index in [0.29, 0.717) is 28.8 Å². The first-order valence-electron chi connectivity index (χ1n) is 6.66. The van der Waals surface area contributed by atoms with E-state index < -0.39 is 0 Å². The van der Waals surface area contributed by atoms with Gasteiger partial charge in [0.2, 0.25) is 0 Å². The fraction of sp³-hybridized carbons (Fsp3) is 0.600. The minimum Gasteiger partial charge on any atom is -0.492 e. The van der Waals surface area contributed by atoms with Gasteiger partial charge < -0.3 is 15.2 Å². The van der Waals surface area contributed by atoms with Crippen molar-refractivity contribution in [3.8, 4) is 5.75 Å². The molecule has 1 unspecified atom stereocenters. The van der Waals surface area contributed by atoms with Crippen LogP contribution in [0.1, 0.15) is 32.8 Å². The van der Waals surface area contributed by atoms with E-state index in [-0.39, 0.29) is 11.6 Å². The highest BCUT2D eigenvalue weighted by Gasteiger charge is 2.18. The minimum absolute atomic E-state index is 0.0160. The van der Waals surface area contributed by atoms with Gasteiger partial charge in [0, 0.05) is 24.6 Å². The van der Waals surface area contributed by atoms with E-state index in [1.165, 1.54) is 0 Å². The lowest BCUT2D eigenvalue weighted by Crippen LogP contribution is -2.25. The maximum atomic E-state index is 6.22. The van der Waals surface area contributed by atoms with E-state index in [1.807, 2.05) is 26.8 Å². The monoisotopic (exact) mass is 319 g/mol. The molecule has 1 rings (SSSR count). The third kappa shape index (κ3) is 5.49. The van der Waals surface area contributed by atoms with Crippen LogP contribution in [-0.4, -0.2) is 25.4 Å². The van der Waals surface area contributed by atoms with Gasteiger partial charge in [-0.15, -0.1) is 0 Å². The zero-order valence-electron chi connectivity index (χ0n) is 12.5. The Morgan fingerprint density at radius 2 is 1.95 bits per heavy atom. The Hall–Kier alpha value is -0.480. The van der Waals surface area contributed by atoms with Crippen molar-refractivity contribution in [1.29, 1.82) is 0 Å². The molecular weight excluding hydrogens is 297 g/mol. The zero-order chi connectivity index (χ0) is 15.3. The largest absolute Gasteiger partial charge is 0.492 e. The van der Waals surface area contributed by atoms with Crippen molar-refractivity contribution in [2.24, 2.45) is 5.73 Å². The van der Waals surface area contributed by atoms with E-state index in [2.05, 4.69) is 0 Å². The van der Waals surface area contributed by atoms with Gasteiger partial charge in [-0.25, -0.2) is 0 Å². The molecule has 2 N–H and O–H groups in total. The van der Waals surface area contributed by atoms with Gasteiger partial charge in [-0.3, -0.25) is 0 Å². The van der Waals surface area contributed by atoms with Crippen LogP contribution in [0.5, 0.6) is 5.75 Å². The Bertz CT molecular complexity index is 448. The van der Waals surface area contributed by atoms with Gasteiger partial charge >= 0.3 is 0 Å². The molecule has 1 aromatic carbocycles. The average molecular weight is 320 g/mol. The van der Waals surface area contributed by atoms with Gasteiger partial charge in [-0.05, 0) is 44.9 Å². The average Bonchev–Trinajstić information content (AvgIpc) is 2.31. The summed E-state index contributed by atoms with van der Waals surface area (Å²) in [4.78, 5) is 0. The van der Waals surface area contributed by atoms with E-state index in [4.69, 9.17) is 38.4 Å². The molecule has 1 atom stereocenters. The molecule has 0 aromatic heterocycles. The van der Waals surface area contributed by atoms with Crippen LogP contribution in [0.15, 0.2) is 12.1 Å². The number of rotatable bonds is 7. The summed E-state index contributed by atoms with van der Waals surface area (Å²) in [6, 6.07) is 3.56. The van der Waals surface area contributed by atoms with Gasteiger partial charge in [0.1, 0.15) is 5.75 Å². The second kappa shape index (κ2) is 7.51. The highest BCUT2D eigenvalue weighted by Crippen LogP contribution is 2.33. The summed E-state index contributed by atoms with van der Waals surface area (Å²) in [5.41, 5.74) is 6.57. The molecule has 0 amide bonds. The van der Waals surface area contributed by atoms with Crippen LogP contribution in [-0.2, 0) is 11.2 Å². The van der Waals surface area contributed by atoms with Crippen LogP contribution >= 0.6 is 23.2 Å². The molecule has 5 heteroatoms. The normalized spacial score (nSPS) is 13.3. The molecule has 0 heterocycles. The van der Waals surface area contributed by atoms with Gasteiger partial charge in [0.05, 0.1) is 17.2 Å². The van der Waals surface area contributed by atoms with Crippen LogP contribution in [0.3, 0.4) is 0 Å². The summed E-state index contributed by atoms with van der Waals surface area (Å²) in [5.74, 6) is 0.667. The summed E-state index contributed by atoms with van der Waals surface area (Å²) in [7, 11) is 1.69. The Balaban J connectivity index is 2.82.